The van der Waals surface area contributed by atoms with E-state index in [-0.39, 0.29) is 5.97 Å². The fourth-order valence-electron chi connectivity index (χ4n) is 1.95. The van der Waals surface area contributed by atoms with Gasteiger partial charge in [-0.1, -0.05) is 12.1 Å². The summed E-state index contributed by atoms with van der Waals surface area (Å²) < 4.78 is 15.8. The Bertz CT molecular complexity index is 477. The molecule has 1 aliphatic rings. The summed E-state index contributed by atoms with van der Waals surface area (Å²) in [5.41, 5.74) is 1.82. The van der Waals surface area contributed by atoms with Gasteiger partial charge in [0.2, 0.25) is 0 Å². The van der Waals surface area contributed by atoms with E-state index in [1.165, 1.54) is 6.08 Å². The van der Waals surface area contributed by atoms with Crippen molar-refractivity contribution in [2.45, 2.75) is 13.3 Å². The van der Waals surface area contributed by atoms with Crippen LogP contribution in [0.4, 0.5) is 0 Å². The molecular formula is C14H16O4. The maximum absolute atomic E-state index is 11.5. The minimum atomic E-state index is -0.317. The van der Waals surface area contributed by atoms with E-state index in [9.17, 15) is 4.79 Å². The Balaban J connectivity index is 2.36. The van der Waals surface area contributed by atoms with Gasteiger partial charge in [-0.3, -0.25) is 0 Å². The quantitative estimate of drug-likeness (QED) is 0.608. The van der Waals surface area contributed by atoms with Crippen LogP contribution in [0.2, 0.25) is 0 Å². The Morgan fingerprint density at radius 1 is 1.50 bits per heavy atom. The predicted molar refractivity (Wildman–Crippen MR) is 67.7 cm³/mol. The summed E-state index contributed by atoms with van der Waals surface area (Å²) in [4.78, 5) is 11.5. The van der Waals surface area contributed by atoms with Crippen LogP contribution in [0.15, 0.2) is 24.3 Å². The molecule has 0 amide bonds. The Labute approximate surface area is 106 Å². The van der Waals surface area contributed by atoms with Gasteiger partial charge < -0.3 is 14.2 Å². The van der Waals surface area contributed by atoms with Crippen molar-refractivity contribution < 1.29 is 19.0 Å². The van der Waals surface area contributed by atoms with Gasteiger partial charge in [-0.15, -0.1) is 0 Å². The van der Waals surface area contributed by atoms with Crippen LogP contribution in [0.1, 0.15) is 18.9 Å². The van der Waals surface area contributed by atoms with Crippen molar-refractivity contribution in [3.05, 3.63) is 29.8 Å². The molecule has 96 valence electrons. The Kier molecular flexibility index (Phi) is 3.87. The first-order chi connectivity index (χ1) is 8.76. The van der Waals surface area contributed by atoms with Crippen molar-refractivity contribution in [3.63, 3.8) is 0 Å². The number of para-hydroxylation sites is 1. The summed E-state index contributed by atoms with van der Waals surface area (Å²) in [5, 5.41) is 0. The molecule has 1 aromatic carbocycles. The zero-order valence-corrected chi connectivity index (χ0v) is 10.6. The van der Waals surface area contributed by atoms with Crippen molar-refractivity contribution in [1.82, 2.24) is 0 Å². The average molecular weight is 248 g/mol. The lowest BCUT2D eigenvalue weighted by molar-refractivity contribution is -0.137. The maximum Gasteiger partial charge on any atom is 0.331 e. The zero-order chi connectivity index (χ0) is 13.0. The van der Waals surface area contributed by atoms with Crippen molar-refractivity contribution in [2.75, 3.05) is 20.3 Å². The highest BCUT2D eigenvalue weighted by molar-refractivity contribution is 5.93. The lowest BCUT2D eigenvalue weighted by Gasteiger charge is -2.21. The predicted octanol–water partition coefficient (Wildman–Crippen LogP) is 2.42. The van der Waals surface area contributed by atoms with Crippen LogP contribution in [-0.4, -0.2) is 26.3 Å². The Morgan fingerprint density at radius 2 is 2.33 bits per heavy atom. The number of benzene rings is 1. The zero-order valence-electron chi connectivity index (χ0n) is 10.6. The van der Waals surface area contributed by atoms with Crippen LogP contribution in [0.25, 0.3) is 5.57 Å². The molecule has 0 fully saturated rings. The van der Waals surface area contributed by atoms with Gasteiger partial charge >= 0.3 is 5.97 Å². The second-order valence-electron chi connectivity index (χ2n) is 3.86. The van der Waals surface area contributed by atoms with Gasteiger partial charge in [-0.2, -0.15) is 0 Å². The highest BCUT2D eigenvalue weighted by Gasteiger charge is 2.19. The maximum atomic E-state index is 11.5. The third-order valence-electron chi connectivity index (χ3n) is 2.74. The number of ether oxygens (including phenoxy) is 3. The highest BCUT2D eigenvalue weighted by Crippen LogP contribution is 2.39. The van der Waals surface area contributed by atoms with E-state index < -0.39 is 0 Å². The van der Waals surface area contributed by atoms with Crippen LogP contribution in [0.5, 0.6) is 11.5 Å². The van der Waals surface area contributed by atoms with Gasteiger partial charge in [0.1, 0.15) is 0 Å². The smallest absolute Gasteiger partial charge is 0.331 e. The molecule has 18 heavy (non-hydrogen) atoms. The third-order valence-corrected chi connectivity index (χ3v) is 2.74. The minimum Gasteiger partial charge on any atom is -0.493 e. The van der Waals surface area contributed by atoms with Gasteiger partial charge in [-0.25, -0.2) is 4.79 Å². The van der Waals surface area contributed by atoms with Gasteiger partial charge in [0.15, 0.2) is 11.5 Å². The first kappa shape index (κ1) is 12.5. The molecule has 0 N–H and O–H groups in total. The molecule has 0 spiro atoms. The van der Waals surface area contributed by atoms with Gasteiger partial charge in [0.05, 0.1) is 20.3 Å². The molecule has 1 aliphatic heterocycles. The van der Waals surface area contributed by atoms with Crippen molar-refractivity contribution >= 4 is 11.5 Å². The van der Waals surface area contributed by atoms with E-state index in [2.05, 4.69) is 0 Å². The van der Waals surface area contributed by atoms with Crippen LogP contribution in [0.3, 0.4) is 0 Å². The summed E-state index contributed by atoms with van der Waals surface area (Å²) in [7, 11) is 1.60. The molecule has 0 aliphatic carbocycles. The molecule has 1 aromatic rings. The van der Waals surface area contributed by atoms with Crippen molar-refractivity contribution in [1.29, 1.82) is 0 Å². The molecule has 0 bridgehead atoms. The minimum absolute atomic E-state index is 0.317. The molecular weight excluding hydrogens is 232 g/mol. The Hall–Kier alpha value is -1.97. The fourth-order valence-corrected chi connectivity index (χ4v) is 1.95. The largest absolute Gasteiger partial charge is 0.493 e. The molecule has 0 unspecified atom stereocenters. The standard InChI is InChI=1S/C14H16O4/c1-3-17-13(15)9-10-7-8-18-14-11(10)5-4-6-12(14)16-2/h4-6,9H,3,7-8H2,1-2H3/b10-9-. The highest BCUT2D eigenvalue weighted by atomic mass is 16.5. The van der Waals surface area contributed by atoms with E-state index in [4.69, 9.17) is 14.2 Å². The molecule has 4 heteroatoms. The fraction of sp³-hybridized carbons (Fsp3) is 0.357. The molecule has 0 saturated carbocycles. The number of carbonyl (C=O) groups excluding carboxylic acids is 1. The Morgan fingerprint density at radius 3 is 3.06 bits per heavy atom. The van der Waals surface area contributed by atoms with E-state index in [1.807, 2.05) is 18.2 Å². The lowest BCUT2D eigenvalue weighted by Crippen LogP contribution is -2.10. The first-order valence-electron chi connectivity index (χ1n) is 5.93. The third kappa shape index (κ3) is 2.47. The van der Waals surface area contributed by atoms with Crippen LogP contribution in [-0.2, 0) is 9.53 Å². The number of hydrogen-bond donors (Lipinski definition) is 0. The number of carbonyl (C=O) groups is 1. The summed E-state index contributed by atoms with van der Waals surface area (Å²) >= 11 is 0. The van der Waals surface area contributed by atoms with E-state index in [0.717, 1.165) is 11.1 Å². The second-order valence-corrected chi connectivity index (χ2v) is 3.86. The molecule has 0 aromatic heterocycles. The van der Waals surface area contributed by atoms with Gasteiger partial charge in [0.25, 0.3) is 0 Å². The van der Waals surface area contributed by atoms with E-state index >= 15 is 0 Å². The number of esters is 1. The SMILES string of the molecule is CCOC(=O)/C=C1/CCOc2c(OC)cccc21. The molecule has 0 radical (unpaired) electrons. The lowest BCUT2D eigenvalue weighted by atomic mass is 9.99. The number of fused-ring (bicyclic) bond motifs is 1. The molecule has 1 heterocycles. The van der Waals surface area contributed by atoms with Crippen LogP contribution < -0.4 is 9.47 Å². The second kappa shape index (κ2) is 5.58. The number of methoxy groups -OCH3 is 1. The topological polar surface area (TPSA) is 44.8 Å². The van der Waals surface area contributed by atoms with E-state index in [0.29, 0.717) is 31.1 Å². The average Bonchev–Trinajstić information content (AvgIpc) is 2.38. The monoisotopic (exact) mass is 248 g/mol. The summed E-state index contributed by atoms with van der Waals surface area (Å²) in [6.07, 6.45) is 2.23. The number of rotatable bonds is 3. The van der Waals surface area contributed by atoms with Crippen LogP contribution in [0, 0.1) is 0 Å². The summed E-state index contributed by atoms with van der Waals surface area (Å²) in [6.45, 7) is 2.71. The van der Waals surface area contributed by atoms with Crippen molar-refractivity contribution in [3.8, 4) is 11.5 Å². The first-order valence-corrected chi connectivity index (χ1v) is 5.93. The molecule has 2 rings (SSSR count). The molecule has 0 saturated heterocycles. The van der Waals surface area contributed by atoms with Gasteiger partial charge in [-0.05, 0) is 18.6 Å². The summed E-state index contributed by atoms with van der Waals surface area (Å²) in [5.74, 6) is 1.06. The van der Waals surface area contributed by atoms with Gasteiger partial charge in [0, 0.05) is 18.1 Å². The van der Waals surface area contributed by atoms with E-state index in [1.54, 1.807) is 14.0 Å². The van der Waals surface area contributed by atoms with Crippen LogP contribution >= 0.6 is 0 Å². The number of hydrogen-bond acceptors (Lipinski definition) is 4. The van der Waals surface area contributed by atoms with Crippen molar-refractivity contribution in [2.24, 2.45) is 0 Å². The molecule has 4 nitrogen and oxygen atoms in total. The summed E-state index contributed by atoms with van der Waals surface area (Å²) in [6, 6.07) is 5.64. The normalized spacial score (nSPS) is 15.8. The molecule has 0 atom stereocenters.